The molecule has 0 saturated heterocycles. The second-order valence-corrected chi connectivity index (χ2v) is 6.00. The van der Waals surface area contributed by atoms with Crippen molar-refractivity contribution in [3.63, 3.8) is 0 Å². The van der Waals surface area contributed by atoms with Gasteiger partial charge < -0.3 is 4.90 Å². The van der Waals surface area contributed by atoms with Crippen molar-refractivity contribution >= 4 is 5.70 Å². The molecule has 0 N–H and O–H groups in total. The van der Waals surface area contributed by atoms with Gasteiger partial charge in [-0.15, -0.1) is 0 Å². The van der Waals surface area contributed by atoms with Gasteiger partial charge in [0, 0.05) is 17.8 Å². The molecule has 0 fully saturated rings. The molecule has 0 aliphatic carbocycles. The molecule has 1 heterocycles. The van der Waals surface area contributed by atoms with E-state index in [1.807, 2.05) is 50.0 Å². The number of likely N-dealkylation sites (N-methyl/N-ethyl adjacent to an activating group) is 1. The predicted molar refractivity (Wildman–Crippen MR) is 102 cm³/mol. The summed E-state index contributed by atoms with van der Waals surface area (Å²) >= 11 is 0. The molecule has 3 heteroatoms. The minimum Gasteiger partial charge on any atom is -0.341 e. The quantitative estimate of drug-likeness (QED) is 0.568. The summed E-state index contributed by atoms with van der Waals surface area (Å²) in [5.41, 5.74) is 3.56. The second kappa shape index (κ2) is 8.11. The number of halogens is 2. The van der Waals surface area contributed by atoms with Gasteiger partial charge in [0.1, 0.15) is 11.6 Å². The molecule has 2 rings (SSSR count). The highest BCUT2D eigenvalue weighted by Crippen LogP contribution is 2.37. The molecule has 1 nitrogen and oxygen atoms in total. The van der Waals surface area contributed by atoms with Crippen molar-refractivity contribution in [2.75, 3.05) is 6.54 Å². The van der Waals surface area contributed by atoms with Crippen LogP contribution >= 0.6 is 0 Å². The van der Waals surface area contributed by atoms with Gasteiger partial charge in [0.15, 0.2) is 0 Å². The summed E-state index contributed by atoms with van der Waals surface area (Å²) in [5.74, 6) is -1.11. The Kier molecular flexibility index (Phi) is 6.13. The maximum Gasteiger partial charge on any atom is 0.135 e. The van der Waals surface area contributed by atoms with E-state index in [0.717, 1.165) is 23.3 Å². The van der Waals surface area contributed by atoms with E-state index in [2.05, 4.69) is 12.7 Å². The van der Waals surface area contributed by atoms with Crippen molar-refractivity contribution in [3.05, 3.63) is 88.7 Å². The summed E-state index contributed by atoms with van der Waals surface area (Å²) in [6.07, 6.45) is 10.6. The average molecular weight is 341 g/mol. The SMILES string of the molecule is C=C1C=CC(C(/C=C\C)=C/CC)=C(c2c(F)cc(C)cc2F)N1CC. The third-order valence-electron chi connectivity index (χ3n) is 4.13. The first-order valence-electron chi connectivity index (χ1n) is 8.62. The number of hydrogen-bond donors (Lipinski definition) is 0. The molecule has 25 heavy (non-hydrogen) atoms. The maximum atomic E-state index is 14.7. The van der Waals surface area contributed by atoms with E-state index in [9.17, 15) is 8.78 Å². The fourth-order valence-electron chi connectivity index (χ4n) is 3.09. The van der Waals surface area contributed by atoms with E-state index in [1.165, 1.54) is 12.1 Å². The van der Waals surface area contributed by atoms with Crippen LogP contribution in [0.5, 0.6) is 0 Å². The van der Waals surface area contributed by atoms with Gasteiger partial charge in [0.05, 0.1) is 11.3 Å². The van der Waals surface area contributed by atoms with Crippen molar-refractivity contribution in [2.45, 2.75) is 34.1 Å². The Balaban J connectivity index is 2.85. The van der Waals surface area contributed by atoms with Crippen molar-refractivity contribution in [2.24, 2.45) is 0 Å². The summed E-state index contributed by atoms with van der Waals surface area (Å²) in [6, 6.07) is 2.74. The molecule has 0 aromatic heterocycles. The highest BCUT2D eigenvalue weighted by atomic mass is 19.1. The largest absolute Gasteiger partial charge is 0.341 e. The molecule has 0 spiro atoms. The average Bonchev–Trinajstić information content (AvgIpc) is 2.54. The van der Waals surface area contributed by atoms with Gasteiger partial charge in [0.2, 0.25) is 0 Å². The van der Waals surface area contributed by atoms with Gasteiger partial charge >= 0.3 is 0 Å². The molecule has 1 aromatic rings. The van der Waals surface area contributed by atoms with E-state index in [1.54, 1.807) is 6.92 Å². The van der Waals surface area contributed by atoms with Gasteiger partial charge in [-0.1, -0.05) is 37.8 Å². The Morgan fingerprint density at radius 1 is 1.16 bits per heavy atom. The summed E-state index contributed by atoms with van der Waals surface area (Å²) in [4.78, 5) is 1.86. The summed E-state index contributed by atoms with van der Waals surface area (Å²) in [5, 5.41) is 0. The van der Waals surface area contributed by atoms with E-state index in [4.69, 9.17) is 0 Å². The number of nitrogens with zero attached hydrogens (tertiary/aromatic N) is 1. The van der Waals surface area contributed by atoms with Crippen LogP contribution in [0.15, 0.2) is 65.9 Å². The Labute approximate surface area is 149 Å². The lowest BCUT2D eigenvalue weighted by Crippen LogP contribution is -2.25. The van der Waals surface area contributed by atoms with Gasteiger partial charge in [-0.3, -0.25) is 0 Å². The Morgan fingerprint density at radius 3 is 2.32 bits per heavy atom. The Hall–Kier alpha value is -2.42. The molecule has 0 bridgehead atoms. The summed E-state index contributed by atoms with van der Waals surface area (Å²) < 4.78 is 29.5. The van der Waals surface area contributed by atoms with Gasteiger partial charge in [-0.2, -0.15) is 0 Å². The fraction of sp³-hybridized carbons (Fsp3) is 0.273. The fourth-order valence-corrected chi connectivity index (χ4v) is 3.09. The molecule has 1 aliphatic rings. The normalized spacial score (nSPS) is 15.7. The van der Waals surface area contributed by atoms with Crippen LogP contribution in [0.1, 0.15) is 38.3 Å². The molecule has 1 aliphatic heterocycles. The first-order chi connectivity index (χ1) is 11.9. The lowest BCUT2D eigenvalue weighted by atomic mass is 9.92. The second-order valence-electron chi connectivity index (χ2n) is 6.00. The van der Waals surface area contributed by atoms with Gasteiger partial charge in [-0.05, 0) is 56.5 Å². The number of hydrogen-bond acceptors (Lipinski definition) is 1. The summed E-state index contributed by atoms with van der Waals surface area (Å²) in [6.45, 7) is 12.2. The topological polar surface area (TPSA) is 3.24 Å². The van der Waals surface area contributed by atoms with Crippen LogP contribution in [0.4, 0.5) is 8.78 Å². The van der Waals surface area contributed by atoms with Crippen molar-refractivity contribution in [3.8, 4) is 0 Å². The zero-order valence-electron chi connectivity index (χ0n) is 15.4. The minimum absolute atomic E-state index is 0.000504. The Morgan fingerprint density at radius 2 is 1.80 bits per heavy atom. The van der Waals surface area contributed by atoms with Crippen LogP contribution in [0.3, 0.4) is 0 Å². The third kappa shape index (κ3) is 3.81. The van der Waals surface area contributed by atoms with Crippen LogP contribution in [-0.4, -0.2) is 11.4 Å². The van der Waals surface area contributed by atoms with Crippen molar-refractivity contribution in [1.82, 2.24) is 4.90 Å². The predicted octanol–water partition coefficient (Wildman–Crippen LogP) is 6.30. The minimum atomic E-state index is -0.553. The standard InChI is InChI=1S/C22H25F2N/c1-6-9-17(10-7-2)18-12-11-16(5)25(8-3)22(18)21-19(23)13-15(4)14-20(21)24/h6,9-14H,5,7-8H2,1-4H3/b9-6-,17-10+. The molecule has 0 saturated carbocycles. The molecule has 0 amide bonds. The van der Waals surface area contributed by atoms with E-state index < -0.39 is 11.6 Å². The van der Waals surface area contributed by atoms with Crippen LogP contribution in [0.25, 0.3) is 5.70 Å². The molecule has 132 valence electrons. The van der Waals surface area contributed by atoms with E-state index in [0.29, 0.717) is 17.8 Å². The Bertz CT molecular complexity index is 771. The monoisotopic (exact) mass is 341 g/mol. The van der Waals surface area contributed by atoms with E-state index >= 15 is 0 Å². The first kappa shape index (κ1) is 18.9. The molecule has 0 unspecified atom stereocenters. The first-order valence-corrected chi connectivity index (χ1v) is 8.62. The molecule has 0 radical (unpaired) electrons. The van der Waals surface area contributed by atoms with Gasteiger partial charge in [0.25, 0.3) is 0 Å². The number of aryl methyl sites for hydroxylation is 1. The molecule has 0 atom stereocenters. The zero-order chi connectivity index (χ0) is 18.6. The van der Waals surface area contributed by atoms with Gasteiger partial charge in [-0.25, -0.2) is 8.78 Å². The maximum absolute atomic E-state index is 14.7. The number of rotatable bonds is 5. The van der Waals surface area contributed by atoms with Crippen LogP contribution < -0.4 is 0 Å². The lowest BCUT2D eigenvalue weighted by molar-refractivity contribution is 0.506. The van der Waals surface area contributed by atoms with Crippen LogP contribution in [0.2, 0.25) is 0 Å². The van der Waals surface area contributed by atoms with Crippen molar-refractivity contribution < 1.29 is 8.78 Å². The zero-order valence-corrected chi connectivity index (χ0v) is 15.4. The van der Waals surface area contributed by atoms with Crippen molar-refractivity contribution in [1.29, 1.82) is 0 Å². The number of benzene rings is 1. The number of allylic oxidation sites excluding steroid dienone is 7. The molecular weight excluding hydrogens is 316 g/mol. The van der Waals surface area contributed by atoms with Crippen LogP contribution in [-0.2, 0) is 0 Å². The molecule has 1 aromatic carbocycles. The van der Waals surface area contributed by atoms with Crippen LogP contribution in [0, 0.1) is 18.6 Å². The smallest absolute Gasteiger partial charge is 0.135 e. The third-order valence-corrected chi connectivity index (χ3v) is 4.13. The molecular formula is C22H25F2N. The summed E-state index contributed by atoms with van der Waals surface area (Å²) in [7, 11) is 0. The highest BCUT2D eigenvalue weighted by molar-refractivity contribution is 5.79. The van der Waals surface area contributed by atoms with E-state index in [-0.39, 0.29) is 5.56 Å². The lowest BCUT2D eigenvalue weighted by Gasteiger charge is -2.32. The highest BCUT2D eigenvalue weighted by Gasteiger charge is 2.26.